The van der Waals surface area contributed by atoms with E-state index in [1.807, 2.05) is 26.8 Å². The fourth-order valence-corrected chi connectivity index (χ4v) is 2.39. The van der Waals surface area contributed by atoms with Gasteiger partial charge in [0.25, 0.3) is 5.91 Å². The van der Waals surface area contributed by atoms with Gasteiger partial charge in [-0.25, -0.2) is 0 Å². The summed E-state index contributed by atoms with van der Waals surface area (Å²) in [5, 5.41) is 11.8. The molecule has 0 aliphatic rings. The number of hydrogen-bond acceptors (Lipinski definition) is 3. The number of carboxylic acid groups (broad SMARTS) is 1. The molecular weight excluding hydrogens is 308 g/mol. The Hall–Kier alpha value is -2.37. The summed E-state index contributed by atoms with van der Waals surface area (Å²) in [5.74, 6) is -1.84. The normalized spacial score (nSPS) is 13.0. The lowest BCUT2D eigenvalue weighted by molar-refractivity contribution is -0.145. The Bertz CT molecular complexity index is 559. The van der Waals surface area contributed by atoms with Crippen LogP contribution >= 0.6 is 0 Å². The maximum atomic E-state index is 12.8. The third-order valence-electron chi connectivity index (χ3n) is 3.93. The zero-order valence-corrected chi connectivity index (χ0v) is 14.5. The fraction of sp³-hybridized carbons (Fsp3) is 0.500. The first-order valence-corrected chi connectivity index (χ1v) is 8.27. The van der Waals surface area contributed by atoms with Gasteiger partial charge in [0.1, 0.15) is 12.6 Å². The number of carbonyl (C=O) groups excluding carboxylic acids is 2. The molecule has 0 fully saturated rings. The number of amides is 2. The molecule has 24 heavy (non-hydrogen) atoms. The van der Waals surface area contributed by atoms with Crippen molar-refractivity contribution in [2.24, 2.45) is 5.92 Å². The van der Waals surface area contributed by atoms with Crippen LogP contribution in [0, 0.1) is 5.92 Å². The molecule has 0 heterocycles. The van der Waals surface area contributed by atoms with E-state index in [1.54, 1.807) is 24.3 Å². The Morgan fingerprint density at radius 2 is 1.79 bits per heavy atom. The molecule has 0 saturated heterocycles. The second-order valence-electron chi connectivity index (χ2n) is 5.86. The lowest BCUT2D eigenvalue weighted by Crippen LogP contribution is -2.53. The summed E-state index contributed by atoms with van der Waals surface area (Å²) in [6.45, 7) is 5.67. The molecule has 2 amide bonds. The smallest absolute Gasteiger partial charge is 0.323 e. The van der Waals surface area contributed by atoms with Crippen molar-refractivity contribution >= 4 is 17.8 Å². The number of nitrogens with zero attached hydrogens (tertiary/aromatic N) is 1. The van der Waals surface area contributed by atoms with E-state index in [0.717, 1.165) is 0 Å². The van der Waals surface area contributed by atoms with Crippen molar-refractivity contribution in [2.45, 2.75) is 39.7 Å². The van der Waals surface area contributed by atoms with E-state index >= 15 is 0 Å². The standard InChI is InChI=1S/C18H26N2O4/c1-4-11-20(12-15(21)22)18(24)16(13(3)5-2)19-17(23)14-9-7-6-8-10-14/h6-10,13,16H,4-5,11-12H2,1-3H3,(H,19,23)(H,21,22). The summed E-state index contributed by atoms with van der Waals surface area (Å²) < 4.78 is 0. The topological polar surface area (TPSA) is 86.7 Å². The van der Waals surface area contributed by atoms with Gasteiger partial charge in [-0.15, -0.1) is 0 Å². The molecule has 0 aliphatic carbocycles. The number of carbonyl (C=O) groups is 3. The van der Waals surface area contributed by atoms with Gasteiger partial charge in [-0.1, -0.05) is 45.4 Å². The number of aliphatic carboxylic acids is 1. The van der Waals surface area contributed by atoms with Gasteiger partial charge in [0.2, 0.25) is 5.91 Å². The molecule has 0 saturated carbocycles. The number of nitrogens with one attached hydrogen (secondary N) is 1. The molecule has 1 rings (SSSR count). The van der Waals surface area contributed by atoms with Crippen LogP contribution in [0.3, 0.4) is 0 Å². The van der Waals surface area contributed by atoms with Crippen LogP contribution in [0.1, 0.15) is 44.0 Å². The van der Waals surface area contributed by atoms with E-state index in [9.17, 15) is 14.4 Å². The quantitative estimate of drug-likeness (QED) is 0.724. The summed E-state index contributed by atoms with van der Waals surface area (Å²) in [6, 6.07) is 7.92. The van der Waals surface area contributed by atoms with Gasteiger partial charge in [-0.05, 0) is 24.5 Å². The highest BCUT2D eigenvalue weighted by Gasteiger charge is 2.30. The molecule has 2 N–H and O–H groups in total. The first-order valence-electron chi connectivity index (χ1n) is 8.27. The number of benzene rings is 1. The minimum atomic E-state index is -1.06. The predicted molar refractivity (Wildman–Crippen MR) is 91.7 cm³/mol. The van der Waals surface area contributed by atoms with Crippen LogP contribution in [0.2, 0.25) is 0 Å². The second kappa shape index (κ2) is 9.70. The van der Waals surface area contributed by atoms with Crippen LogP contribution in [-0.4, -0.2) is 46.9 Å². The highest BCUT2D eigenvalue weighted by atomic mass is 16.4. The van der Waals surface area contributed by atoms with E-state index in [4.69, 9.17) is 5.11 Å². The largest absolute Gasteiger partial charge is 0.480 e. The maximum absolute atomic E-state index is 12.8. The zero-order chi connectivity index (χ0) is 18.1. The van der Waals surface area contributed by atoms with Crippen LogP contribution in [0.4, 0.5) is 0 Å². The Labute approximate surface area is 142 Å². The van der Waals surface area contributed by atoms with Gasteiger partial charge in [0, 0.05) is 12.1 Å². The number of hydrogen-bond donors (Lipinski definition) is 2. The fourth-order valence-electron chi connectivity index (χ4n) is 2.39. The molecule has 0 aliphatic heterocycles. The van der Waals surface area contributed by atoms with Gasteiger partial charge in [0.05, 0.1) is 0 Å². The highest BCUT2D eigenvalue weighted by molar-refractivity contribution is 5.98. The summed E-state index contributed by atoms with van der Waals surface area (Å²) in [5.41, 5.74) is 0.471. The van der Waals surface area contributed by atoms with Crippen LogP contribution in [-0.2, 0) is 9.59 Å². The van der Waals surface area contributed by atoms with Crippen molar-refractivity contribution in [3.8, 4) is 0 Å². The zero-order valence-electron chi connectivity index (χ0n) is 14.5. The molecule has 6 heteroatoms. The third-order valence-corrected chi connectivity index (χ3v) is 3.93. The number of rotatable bonds is 9. The maximum Gasteiger partial charge on any atom is 0.323 e. The lowest BCUT2D eigenvalue weighted by atomic mass is 9.97. The molecule has 2 atom stereocenters. The van der Waals surface area contributed by atoms with Gasteiger partial charge in [-0.3, -0.25) is 14.4 Å². The van der Waals surface area contributed by atoms with Crippen LogP contribution in [0.15, 0.2) is 30.3 Å². The molecule has 1 aromatic carbocycles. The third kappa shape index (κ3) is 5.68. The second-order valence-corrected chi connectivity index (χ2v) is 5.86. The Kier molecular flexibility index (Phi) is 7.95. The monoisotopic (exact) mass is 334 g/mol. The highest BCUT2D eigenvalue weighted by Crippen LogP contribution is 2.13. The molecule has 0 spiro atoms. The van der Waals surface area contributed by atoms with Crippen LogP contribution in [0.25, 0.3) is 0 Å². The van der Waals surface area contributed by atoms with E-state index < -0.39 is 12.0 Å². The van der Waals surface area contributed by atoms with Crippen molar-refractivity contribution in [2.75, 3.05) is 13.1 Å². The SMILES string of the molecule is CCCN(CC(=O)O)C(=O)C(NC(=O)c1ccccc1)C(C)CC. The first-order chi connectivity index (χ1) is 11.4. The van der Waals surface area contributed by atoms with Gasteiger partial charge < -0.3 is 15.3 Å². The summed E-state index contributed by atoms with van der Waals surface area (Å²) in [6.07, 6.45) is 1.34. The van der Waals surface area contributed by atoms with E-state index in [2.05, 4.69) is 5.32 Å². The molecule has 0 radical (unpaired) electrons. The average molecular weight is 334 g/mol. The average Bonchev–Trinajstić information content (AvgIpc) is 2.58. The summed E-state index contributed by atoms with van der Waals surface area (Å²) in [4.78, 5) is 37.5. The van der Waals surface area contributed by atoms with E-state index in [1.165, 1.54) is 4.90 Å². The predicted octanol–water partition coefficient (Wildman–Crippen LogP) is 2.15. The molecule has 6 nitrogen and oxygen atoms in total. The van der Waals surface area contributed by atoms with Crippen molar-refractivity contribution in [3.63, 3.8) is 0 Å². The van der Waals surface area contributed by atoms with Gasteiger partial charge in [0.15, 0.2) is 0 Å². The molecule has 0 aromatic heterocycles. The molecule has 1 aromatic rings. The van der Waals surface area contributed by atoms with Crippen LogP contribution in [0.5, 0.6) is 0 Å². The molecule has 2 unspecified atom stereocenters. The van der Waals surface area contributed by atoms with Crippen molar-refractivity contribution < 1.29 is 19.5 Å². The Morgan fingerprint density at radius 1 is 1.17 bits per heavy atom. The minimum absolute atomic E-state index is 0.0988. The molecule has 132 valence electrons. The van der Waals surface area contributed by atoms with E-state index in [-0.39, 0.29) is 24.3 Å². The van der Waals surface area contributed by atoms with Gasteiger partial charge in [-0.2, -0.15) is 0 Å². The first kappa shape index (κ1) is 19.7. The summed E-state index contributed by atoms with van der Waals surface area (Å²) >= 11 is 0. The van der Waals surface area contributed by atoms with Gasteiger partial charge >= 0.3 is 5.97 Å². The lowest BCUT2D eigenvalue weighted by Gasteiger charge is -2.29. The molecule has 0 bridgehead atoms. The number of carboxylic acids is 1. The minimum Gasteiger partial charge on any atom is -0.480 e. The van der Waals surface area contributed by atoms with Crippen molar-refractivity contribution in [1.29, 1.82) is 0 Å². The van der Waals surface area contributed by atoms with Crippen molar-refractivity contribution in [1.82, 2.24) is 10.2 Å². The van der Waals surface area contributed by atoms with Crippen LogP contribution < -0.4 is 5.32 Å². The summed E-state index contributed by atoms with van der Waals surface area (Å²) in [7, 11) is 0. The van der Waals surface area contributed by atoms with Crippen molar-refractivity contribution in [3.05, 3.63) is 35.9 Å². The van der Waals surface area contributed by atoms with E-state index in [0.29, 0.717) is 24.9 Å². The Balaban J connectivity index is 2.96. The Morgan fingerprint density at radius 3 is 2.29 bits per heavy atom. The molecular formula is C18H26N2O4.